The zero-order valence-electron chi connectivity index (χ0n) is 15.5. The summed E-state index contributed by atoms with van der Waals surface area (Å²) in [7, 11) is 0. The van der Waals surface area contributed by atoms with Crippen molar-refractivity contribution >= 4 is 32.6 Å². The molecule has 9 heteroatoms. The van der Waals surface area contributed by atoms with Crippen LogP contribution in [0.2, 0.25) is 0 Å². The van der Waals surface area contributed by atoms with Crippen LogP contribution < -0.4 is 10.1 Å². The normalized spacial score (nSPS) is 11.5. The molecule has 0 fully saturated rings. The van der Waals surface area contributed by atoms with Crippen molar-refractivity contribution in [2.24, 2.45) is 0 Å². The van der Waals surface area contributed by atoms with Gasteiger partial charge in [-0.1, -0.05) is 29.5 Å². The number of pyridine rings is 1. The maximum absolute atomic E-state index is 12.8. The lowest BCUT2D eigenvalue weighted by molar-refractivity contribution is -0.137. The minimum Gasteiger partial charge on any atom is -0.437 e. The molecular formula is C21H14F3N3O2S. The number of benzene rings is 2. The van der Waals surface area contributed by atoms with Crippen molar-refractivity contribution < 1.29 is 22.7 Å². The Labute approximate surface area is 173 Å². The Bertz CT molecular complexity index is 1220. The van der Waals surface area contributed by atoms with Gasteiger partial charge in [-0.15, -0.1) is 0 Å². The van der Waals surface area contributed by atoms with Gasteiger partial charge in [0.2, 0.25) is 11.8 Å². The maximum atomic E-state index is 12.8. The first-order chi connectivity index (χ1) is 14.3. The smallest absolute Gasteiger partial charge is 0.416 e. The number of alkyl halides is 3. The number of hydrogen-bond acceptors (Lipinski definition) is 5. The number of halogens is 3. The van der Waals surface area contributed by atoms with Crippen LogP contribution in [-0.4, -0.2) is 15.9 Å². The molecule has 2 aromatic heterocycles. The van der Waals surface area contributed by atoms with Gasteiger partial charge in [0.25, 0.3) is 0 Å². The van der Waals surface area contributed by atoms with Gasteiger partial charge in [-0.2, -0.15) is 13.2 Å². The molecule has 0 radical (unpaired) electrons. The minimum atomic E-state index is -4.38. The van der Waals surface area contributed by atoms with Gasteiger partial charge in [0, 0.05) is 19.2 Å². The van der Waals surface area contributed by atoms with E-state index in [0.29, 0.717) is 27.5 Å². The standard InChI is InChI=1S/C21H14F3N3O2S/c1-12(28)26-20-27-19-16(3-2-4-17(19)30-20)29-18-11-14(9-10-25-18)13-5-7-15(8-6-13)21(22,23)24/h2-11H,1H3,(H,26,27,28). The van der Waals surface area contributed by atoms with Gasteiger partial charge in [0.1, 0.15) is 5.52 Å². The highest BCUT2D eigenvalue weighted by Gasteiger charge is 2.30. The second-order valence-corrected chi connectivity index (χ2v) is 7.39. The van der Waals surface area contributed by atoms with Crippen molar-refractivity contribution in [2.45, 2.75) is 13.1 Å². The van der Waals surface area contributed by atoms with Crippen molar-refractivity contribution in [1.82, 2.24) is 9.97 Å². The Balaban J connectivity index is 1.62. The number of nitrogens with one attached hydrogen (secondary N) is 1. The van der Waals surface area contributed by atoms with E-state index in [1.165, 1.54) is 36.6 Å². The Hall–Kier alpha value is -3.46. The molecule has 1 amide bonds. The number of para-hydroxylation sites is 1. The van der Waals surface area contributed by atoms with Crippen LogP contribution in [0.15, 0.2) is 60.8 Å². The lowest BCUT2D eigenvalue weighted by atomic mass is 10.0. The molecule has 1 N–H and O–H groups in total. The number of hydrogen-bond donors (Lipinski definition) is 1. The number of aromatic nitrogens is 2. The van der Waals surface area contributed by atoms with E-state index in [1.807, 2.05) is 6.07 Å². The van der Waals surface area contributed by atoms with Gasteiger partial charge in [0.15, 0.2) is 10.9 Å². The number of anilines is 1. The van der Waals surface area contributed by atoms with Crippen molar-refractivity contribution in [3.63, 3.8) is 0 Å². The molecule has 0 spiro atoms. The number of nitrogens with zero attached hydrogens (tertiary/aromatic N) is 2. The van der Waals surface area contributed by atoms with Gasteiger partial charge in [0.05, 0.1) is 10.3 Å². The van der Waals surface area contributed by atoms with Gasteiger partial charge in [-0.05, 0) is 41.5 Å². The van der Waals surface area contributed by atoms with Crippen LogP contribution >= 0.6 is 11.3 Å². The van der Waals surface area contributed by atoms with Crippen LogP contribution in [0, 0.1) is 0 Å². The Morgan fingerprint density at radius 1 is 1.07 bits per heavy atom. The van der Waals surface area contributed by atoms with Crippen molar-refractivity contribution in [1.29, 1.82) is 0 Å². The van der Waals surface area contributed by atoms with Crippen LogP contribution in [-0.2, 0) is 11.0 Å². The number of carbonyl (C=O) groups excluding carboxylic acids is 1. The van der Waals surface area contributed by atoms with E-state index in [-0.39, 0.29) is 11.8 Å². The fraction of sp³-hybridized carbons (Fsp3) is 0.0952. The molecule has 4 rings (SSSR count). The zero-order valence-corrected chi connectivity index (χ0v) is 16.3. The Morgan fingerprint density at radius 3 is 2.53 bits per heavy atom. The Kier molecular flexibility index (Phi) is 5.13. The first kappa shape index (κ1) is 19.8. The summed E-state index contributed by atoms with van der Waals surface area (Å²) in [6.45, 7) is 1.40. The van der Waals surface area contributed by atoms with Crippen LogP contribution in [0.25, 0.3) is 21.3 Å². The summed E-state index contributed by atoms with van der Waals surface area (Å²) in [5, 5.41) is 3.11. The molecular weight excluding hydrogens is 415 g/mol. The second kappa shape index (κ2) is 7.75. The highest BCUT2D eigenvalue weighted by molar-refractivity contribution is 7.22. The summed E-state index contributed by atoms with van der Waals surface area (Å²) in [6.07, 6.45) is -2.86. The van der Waals surface area contributed by atoms with Gasteiger partial charge in [-0.3, -0.25) is 4.79 Å². The van der Waals surface area contributed by atoms with E-state index in [4.69, 9.17) is 4.74 Å². The predicted octanol–water partition coefficient (Wildman–Crippen LogP) is 6.13. The molecule has 0 aliphatic heterocycles. The van der Waals surface area contributed by atoms with E-state index in [1.54, 1.807) is 24.3 Å². The number of carbonyl (C=O) groups is 1. The molecule has 4 aromatic rings. The quantitative estimate of drug-likeness (QED) is 0.424. The van der Waals surface area contributed by atoms with Gasteiger partial charge < -0.3 is 10.1 Å². The zero-order chi connectivity index (χ0) is 21.3. The number of fused-ring (bicyclic) bond motifs is 1. The van der Waals surface area contributed by atoms with E-state index in [9.17, 15) is 18.0 Å². The summed E-state index contributed by atoms with van der Waals surface area (Å²) in [4.78, 5) is 19.8. The third kappa shape index (κ3) is 4.25. The summed E-state index contributed by atoms with van der Waals surface area (Å²) in [5.74, 6) is 0.508. The fourth-order valence-corrected chi connectivity index (χ4v) is 3.75. The van der Waals surface area contributed by atoms with Gasteiger partial charge >= 0.3 is 6.18 Å². The maximum Gasteiger partial charge on any atom is 0.416 e. The largest absolute Gasteiger partial charge is 0.437 e. The molecule has 0 atom stereocenters. The highest BCUT2D eigenvalue weighted by atomic mass is 32.1. The fourth-order valence-electron chi connectivity index (χ4n) is 2.82. The molecule has 2 heterocycles. The lowest BCUT2D eigenvalue weighted by Gasteiger charge is -2.09. The van der Waals surface area contributed by atoms with E-state index >= 15 is 0 Å². The number of amides is 1. The molecule has 0 aliphatic carbocycles. The van der Waals surface area contributed by atoms with Crippen LogP contribution in [0.1, 0.15) is 12.5 Å². The first-order valence-electron chi connectivity index (χ1n) is 8.78. The van der Waals surface area contributed by atoms with Crippen molar-refractivity contribution in [3.8, 4) is 22.8 Å². The van der Waals surface area contributed by atoms with Crippen LogP contribution in [0.4, 0.5) is 18.3 Å². The van der Waals surface area contributed by atoms with E-state index in [2.05, 4.69) is 15.3 Å². The van der Waals surface area contributed by atoms with Crippen LogP contribution in [0.5, 0.6) is 11.6 Å². The molecule has 30 heavy (non-hydrogen) atoms. The molecule has 0 saturated carbocycles. The topological polar surface area (TPSA) is 64.1 Å². The molecule has 152 valence electrons. The van der Waals surface area contributed by atoms with Crippen molar-refractivity contribution in [3.05, 3.63) is 66.4 Å². The summed E-state index contributed by atoms with van der Waals surface area (Å²) >= 11 is 1.32. The SMILES string of the molecule is CC(=O)Nc1nc2c(Oc3cc(-c4ccc(C(F)(F)F)cc4)ccn3)cccc2s1. The monoisotopic (exact) mass is 429 g/mol. The highest BCUT2D eigenvalue weighted by Crippen LogP contribution is 2.35. The summed E-state index contributed by atoms with van der Waals surface area (Å²) < 4.78 is 45.0. The average molecular weight is 429 g/mol. The molecule has 2 aromatic carbocycles. The third-order valence-corrected chi connectivity index (χ3v) is 5.10. The lowest BCUT2D eigenvalue weighted by Crippen LogP contribution is -2.04. The van der Waals surface area contributed by atoms with E-state index in [0.717, 1.165) is 16.8 Å². The Morgan fingerprint density at radius 2 is 1.83 bits per heavy atom. The average Bonchev–Trinajstić information content (AvgIpc) is 3.10. The molecule has 0 saturated heterocycles. The molecule has 0 bridgehead atoms. The number of ether oxygens (including phenoxy) is 1. The van der Waals surface area contributed by atoms with E-state index < -0.39 is 11.7 Å². The number of rotatable bonds is 4. The summed E-state index contributed by atoms with van der Waals surface area (Å²) in [5.41, 5.74) is 1.14. The van der Waals surface area contributed by atoms with Crippen LogP contribution in [0.3, 0.4) is 0 Å². The molecule has 0 unspecified atom stereocenters. The summed E-state index contributed by atoms with van der Waals surface area (Å²) in [6, 6.07) is 13.6. The number of thiazole rings is 1. The third-order valence-electron chi connectivity index (χ3n) is 4.16. The minimum absolute atomic E-state index is 0.220. The molecule has 0 aliphatic rings. The predicted molar refractivity (Wildman–Crippen MR) is 109 cm³/mol. The van der Waals surface area contributed by atoms with Gasteiger partial charge in [-0.25, -0.2) is 9.97 Å². The first-order valence-corrected chi connectivity index (χ1v) is 9.60. The second-order valence-electron chi connectivity index (χ2n) is 6.36. The molecule has 5 nitrogen and oxygen atoms in total. The van der Waals surface area contributed by atoms with Crippen molar-refractivity contribution in [2.75, 3.05) is 5.32 Å².